The summed E-state index contributed by atoms with van der Waals surface area (Å²) in [5.74, 6) is 0.938. The second-order valence-corrected chi connectivity index (χ2v) is 12.3. The van der Waals surface area contributed by atoms with E-state index >= 15 is 0 Å². The number of carbonyl (C=O) groups is 2. The van der Waals surface area contributed by atoms with Crippen molar-refractivity contribution in [1.29, 1.82) is 0 Å². The zero-order valence-corrected chi connectivity index (χ0v) is 29.3. The predicted molar refractivity (Wildman–Crippen MR) is 191 cm³/mol. The molecule has 0 aliphatic carbocycles. The SMILES string of the molecule is COc1ccc(CN(Cc2ccc(OC)cc2OC)C(=O)CN2C(=O)NC(c3ccc(F)cc3)(c3ccc(F)cc3)C2c2ccccc2)c(OC)c1. The van der Waals surface area contributed by atoms with Crippen LogP contribution in [0.15, 0.2) is 115 Å². The van der Waals surface area contributed by atoms with Gasteiger partial charge in [-0.05, 0) is 65.2 Å². The molecule has 1 aliphatic rings. The van der Waals surface area contributed by atoms with Gasteiger partial charge in [0, 0.05) is 36.3 Å². The van der Waals surface area contributed by atoms with Crippen molar-refractivity contribution in [1.82, 2.24) is 15.1 Å². The van der Waals surface area contributed by atoms with E-state index in [1.807, 2.05) is 42.5 Å². The number of halogens is 2. The molecular formula is C41H39F2N3O6. The quantitative estimate of drug-likeness (QED) is 0.139. The fraction of sp³-hybridized carbons (Fsp3) is 0.220. The first-order valence-electron chi connectivity index (χ1n) is 16.6. The highest BCUT2D eigenvalue weighted by Crippen LogP contribution is 2.48. The van der Waals surface area contributed by atoms with Crippen LogP contribution >= 0.6 is 0 Å². The van der Waals surface area contributed by atoms with E-state index in [-0.39, 0.29) is 25.5 Å². The van der Waals surface area contributed by atoms with Gasteiger partial charge in [0.25, 0.3) is 0 Å². The van der Waals surface area contributed by atoms with Crippen LogP contribution in [0.3, 0.4) is 0 Å². The average molecular weight is 708 g/mol. The fourth-order valence-electron chi connectivity index (χ4n) is 6.79. The smallest absolute Gasteiger partial charge is 0.319 e. The number of urea groups is 1. The molecule has 1 saturated heterocycles. The minimum absolute atomic E-state index is 0.119. The van der Waals surface area contributed by atoms with Gasteiger partial charge in [0.2, 0.25) is 5.91 Å². The third-order valence-electron chi connectivity index (χ3n) is 9.37. The molecule has 1 heterocycles. The fourth-order valence-corrected chi connectivity index (χ4v) is 6.79. The molecule has 0 aromatic heterocycles. The van der Waals surface area contributed by atoms with Crippen molar-refractivity contribution >= 4 is 11.9 Å². The zero-order valence-electron chi connectivity index (χ0n) is 29.3. The Hall–Kier alpha value is -6.10. The van der Waals surface area contributed by atoms with Gasteiger partial charge in [0.1, 0.15) is 46.7 Å². The molecule has 5 aromatic carbocycles. The Labute approximate surface area is 301 Å². The molecular weight excluding hydrogens is 668 g/mol. The van der Waals surface area contributed by atoms with Crippen molar-refractivity contribution in [2.75, 3.05) is 35.0 Å². The Bertz CT molecular complexity index is 1920. The van der Waals surface area contributed by atoms with E-state index in [0.29, 0.717) is 50.8 Å². The Morgan fingerprint density at radius 3 is 1.62 bits per heavy atom. The first kappa shape index (κ1) is 35.7. The van der Waals surface area contributed by atoms with Gasteiger partial charge in [0.05, 0.1) is 34.5 Å². The molecule has 6 rings (SSSR count). The van der Waals surface area contributed by atoms with E-state index < -0.39 is 29.2 Å². The molecule has 1 fully saturated rings. The van der Waals surface area contributed by atoms with Gasteiger partial charge in [-0.3, -0.25) is 4.79 Å². The number of benzene rings is 5. The molecule has 1 atom stereocenters. The van der Waals surface area contributed by atoms with Crippen LogP contribution < -0.4 is 24.3 Å². The summed E-state index contributed by atoms with van der Waals surface area (Å²) in [5, 5.41) is 3.15. The normalized spacial score (nSPS) is 14.8. The minimum Gasteiger partial charge on any atom is -0.497 e. The summed E-state index contributed by atoms with van der Waals surface area (Å²) in [6.07, 6.45) is 0. The molecule has 3 amide bonds. The van der Waals surface area contributed by atoms with E-state index in [2.05, 4.69) is 5.32 Å². The van der Waals surface area contributed by atoms with Crippen LogP contribution in [0.1, 0.15) is 33.9 Å². The molecule has 268 valence electrons. The van der Waals surface area contributed by atoms with E-state index in [4.69, 9.17) is 18.9 Å². The summed E-state index contributed by atoms with van der Waals surface area (Å²) in [4.78, 5) is 32.1. The van der Waals surface area contributed by atoms with Crippen molar-refractivity contribution in [3.8, 4) is 23.0 Å². The summed E-state index contributed by atoms with van der Waals surface area (Å²) < 4.78 is 50.7. The van der Waals surface area contributed by atoms with Crippen molar-refractivity contribution in [3.63, 3.8) is 0 Å². The number of hydrogen-bond acceptors (Lipinski definition) is 6. The number of amides is 3. The van der Waals surface area contributed by atoms with Crippen molar-refractivity contribution in [2.24, 2.45) is 0 Å². The maximum Gasteiger partial charge on any atom is 0.319 e. The minimum atomic E-state index is -1.33. The lowest BCUT2D eigenvalue weighted by Gasteiger charge is -2.38. The third kappa shape index (κ3) is 7.07. The Morgan fingerprint density at radius 2 is 1.17 bits per heavy atom. The lowest BCUT2D eigenvalue weighted by molar-refractivity contribution is -0.133. The number of hydrogen-bond donors (Lipinski definition) is 1. The average Bonchev–Trinajstić information content (AvgIpc) is 3.47. The zero-order chi connectivity index (χ0) is 36.8. The third-order valence-corrected chi connectivity index (χ3v) is 9.37. The van der Waals surface area contributed by atoms with Gasteiger partial charge in [-0.1, -0.05) is 54.6 Å². The number of nitrogens with zero attached hydrogens (tertiary/aromatic N) is 2. The molecule has 0 bridgehead atoms. The molecule has 1 aliphatic heterocycles. The van der Waals surface area contributed by atoms with Crippen LogP contribution in [0.25, 0.3) is 0 Å². The first-order chi connectivity index (χ1) is 25.2. The maximum absolute atomic E-state index is 14.7. The summed E-state index contributed by atoms with van der Waals surface area (Å²) >= 11 is 0. The molecule has 0 spiro atoms. The topological polar surface area (TPSA) is 89.6 Å². The van der Waals surface area contributed by atoms with Crippen LogP contribution in [-0.2, 0) is 23.4 Å². The first-order valence-corrected chi connectivity index (χ1v) is 16.6. The van der Waals surface area contributed by atoms with E-state index in [9.17, 15) is 18.4 Å². The van der Waals surface area contributed by atoms with Gasteiger partial charge in [-0.25, -0.2) is 13.6 Å². The highest BCUT2D eigenvalue weighted by molar-refractivity contribution is 5.88. The lowest BCUT2D eigenvalue weighted by Crippen LogP contribution is -2.44. The van der Waals surface area contributed by atoms with E-state index in [1.54, 1.807) is 81.9 Å². The van der Waals surface area contributed by atoms with Gasteiger partial charge < -0.3 is 34.1 Å². The summed E-state index contributed by atoms with van der Waals surface area (Å²) in [5.41, 5.74) is 1.91. The maximum atomic E-state index is 14.7. The van der Waals surface area contributed by atoms with Crippen molar-refractivity contribution in [2.45, 2.75) is 24.7 Å². The van der Waals surface area contributed by atoms with Crippen LogP contribution in [-0.4, -0.2) is 56.7 Å². The Morgan fingerprint density at radius 1 is 0.692 bits per heavy atom. The second kappa shape index (κ2) is 15.4. The van der Waals surface area contributed by atoms with Gasteiger partial charge in [-0.2, -0.15) is 0 Å². The lowest BCUT2D eigenvalue weighted by atomic mass is 9.75. The number of ether oxygens (including phenoxy) is 4. The Kier molecular flexibility index (Phi) is 10.6. The molecule has 11 heteroatoms. The van der Waals surface area contributed by atoms with E-state index in [1.165, 1.54) is 29.2 Å². The van der Waals surface area contributed by atoms with E-state index in [0.717, 1.165) is 0 Å². The van der Waals surface area contributed by atoms with Crippen molar-refractivity contribution < 1.29 is 37.3 Å². The second-order valence-electron chi connectivity index (χ2n) is 12.3. The number of carbonyl (C=O) groups excluding carboxylic acids is 2. The van der Waals surface area contributed by atoms with Crippen molar-refractivity contribution in [3.05, 3.63) is 155 Å². The highest BCUT2D eigenvalue weighted by atomic mass is 19.1. The summed E-state index contributed by atoms with van der Waals surface area (Å²) in [6.45, 7) is -0.103. The molecule has 52 heavy (non-hydrogen) atoms. The summed E-state index contributed by atoms with van der Waals surface area (Å²) in [6, 6.07) is 30.3. The summed E-state index contributed by atoms with van der Waals surface area (Å²) in [7, 11) is 6.20. The molecule has 1 N–H and O–H groups in total. The highest BCUT2D eigenvalue weighted by Gasteiger charge is 2.55. The van der Waals surface area contributed by atoms with Crippen LogP contribution in [0.5, 0.6) is 23.0 Å². The standard InChI is InChI=1S/C41H39F2N3O6/c1-49-34-20-10-28(36(22-34)51-3)24-45(25-29-11-21-35(50-2)23-37(29)52-4)38(47)26-46-39(27-8-6-5-7-9-27)41(44-40(46)48,30-12-16-32(42)17-13-30)31-14-18-33(43)19-15-31/h5-23,39H,24-26H2,1-4H3,(H,44,48). The van der Waals surface area contributed by atoms with Crippen LogP contribution in [0.2, 0.25) is 0 Å². The van der Waals surface area contributed by atoms with Gasteiger partial charge in [-0.15, -0.1) is 0 Å². The molecule has 9 nitrogen and oxygen atoms in total. The predicted octanol–water partition coefficient (Wildman–Crippen LogP) is 7.24. The molecule has 0 saturated carbocycles. The molecule has 0 radical (unpaired) electrons. The molecule has 1 unspecified atom stereocenters. The van der Waals surface area contributed by atoms with Gasteiger partial charge >= 0.3 is 6.03 Å². The largest absolute Gasteiger partial charge is 0.497 e. The number of nitrogens with one attached hydrogen (secondary N) is 1. The van der Waals surface area contributed by atoms with Gasteiger partial charge in [0.15, 0.2) is 0 Å². The molecule has 5 aromatic rings. The van der Waals surface area contributed by atoms with Crippen LogP contribution in [0, 0.1) is 11.6 Å². The number of rotatable bonds is 13. The van der Waals surface area contributed by atoms with Crippen LogP contribution in [0.4, 0.5) is 13.6 Å². The Balaban J connectivity index is 1.45. The number of methoxy groups -OCH3 is 4. The monoisotopic (exact) mass is 707 g/mol.